The number of rotatable bonds is 2. The highest BCUT2D eigenvalue weighted by Crippen LogP contribution is 2.75. The van der Waals surface area contributed by atoms with Crippen LogP contribution >= 0.6 is 0 Å². The van der Waals surface area contributed by atoms with E-state index in [9.17, 15) is 15.0 Å². The molecule has 0 amide bonds. The highest BCUT2D eigenvalue weighted by molar-refractivity contribution is 6.08. The fourth-order valence-electron chi connectivity index (χ4n) is 6.49. The van der Waals surface area contributed by atoms with Crippen molar-refractivity contribution in [3.63, 3.8) is 0 Å². The van der Waals surface area contributed by atoms with E-state index in [2.05, 4.69) is 12.1 Å². The van der Waals surface area contributed by atoms with Crippen LogP contribution in [-0.2, 0) is 9.53 Å². The van der Waals surface area contributed by atoms with Gasteiger partial charge < -0.3 is 14.9 Å². The molecule has 5 rings (SSSR count). The second kappa shape index (κ2) is 4.63. The van der Waals surface area contributed by atoms with Crippen LogP contribution in [0, 0.1) is 23.2 Å². The number of allylic oxidation sites excluding steroid dienone is 2. The minimum absolute atomic E-state index is 0.110. The van der Waals surface area contributed by atoms with Crippen LogP contribution in [0.4, 0.5) is 0 Å². The van der Waals surface area contributed by atoms with Crippen LogP contribution in [0.25, 0.3) is 11.1 Å². The van der Waals surface area contributed by atoms with Crippen molar-refractivity contribution in [2.45, 2.75) is 25.4 Å². The molecule has 4 nitrogen and oxygen atoms in total. The van der Waals surface area contributed by atoms with E-state index in [1.165, 1.54) is 12.7 Å². The topological polar surface area (TPSA) is 66.8 Å². The van der Waals surface area contributed by atoms with Crippen molar-refractivity contribution in [1.29, 1.82) is 0 Å². The summed E-state index contributed by atoms with van der Waals surface area (Å²) in [5.74, 6) is -0.727. The summed E-state index contributed by atoms with van der Waals surface area (Å²) in [6.07, 6.45) is 3.23. The van der Waals surface area contributed by atoms with E-state index in [1.807, 2.05) is 25.1 Å². The number of esters is 1. The summed E-state index contributed by atoms with van der Waals surface area (Å²) < 4.78 is 5.12. The maximum absolute atomic E-state index is 12.8. The van der Waals surface area contributed by atoms with Crippen molar-refractivity contribution in [1.82, 2.24) is 0 Å². The van der Waals surface area contributed by atoms with Gasteiger partial charge in [0.15, 0.2) is 0 Å². The molecule has 2 N–H and O–H groups in total. The molecule has 2 saturated carbocycles. The van der Waals surface area contributed by atoms with E-state index in [4.69, 9.17) is 4.74 Å². The number of carbonyl (C=O) groups is 1. The molecule has 4 aliphatic carbocycles. The first-order valence-corrected chi connectivity index (χ1v) is 8.95. The Hall–Kier alpha value is -1.91. The fraction of sp³-hybridized carbons (Fsp3) is 0.476. The summed E-state index contributed by atoms with van der Waals surface area (Å²) in [6, 6.07) is 8.17. The third kappa shape index (κ3) is 1.43. The molecule has 0 heterocycles. The summed E-state index contributed by atoms with van der Waals surface area (Å²) in [7, 11) is 1.39. The second-order valence-electron chi connectivity index (χ2n) is 7.85. The van der Waals surface area contributed by atoms with Crippen LogP contribution in [0.15, 0.2) is 35.9 Å². The second-order valence-corrected chi connectivity index (χ2v) is 7.85. The summed E-state index contributed by atoms with van der Waals surface area (Å²) in [4.78, 5) is 12.8. The molecule has 2 bridgehead atoms. The molecule has 4 heteroatoms. The normalized spacial score (nSPS) is 41.4. The maximum atomic E-state index is 12.8. The van der Waals surface area contributed by atoms with E-state index in [0.29, 0.717) is 12.8 Å². The average Bonchev–Trinajstić information content (AvgIpc) is 3.06. The lowest BCUT2D eigenvalue weighted by Gasteiger charge is -2.54. The molecule has 2 fully saturated rings. The van der Waals surface area contributed by atoms with E-state index in [1.54, 1.807) is 0 Å². The number of hydrogen-bond acceptors (Lipinski definition) is 4. The number of aliphatic hydroxyl groups excluding tert-OH is 1. The van der Waals surface area contributed by atoms with Gasteiger partial charge in [-0.15, -0.1) is 0 Å². The van der Waals surface area contributed by atoms with Crippen molar-refractivity contribution in [2.24, 2.45) is 23.2 Å². The summed E-state index contributed by atoms with van der Waals surface area (Å²) in [5.41, 5.74) is 3.82. The largest absolute Gasteiger partial charge is 0.468 e. The quantitative estimate of drug-likeness (QED) is 0.642. The first-order valence-electron chi connectivity index (χ1n) is 8.95. The Morgan fingerprint density at radius 2 is 2.08 bits per heavy atom. The van der Waals surface area contributed by atoms with Crippen LogP contribution in [0.3, 0.4) is 0 Å². The number of ether oxygens (including phenoxy) is 1. The Labute approximate surface area is 146 Å². The molecule has 130 valence electrons. The summed E-state index contributed by atoms with van der Waals surface area (Å²) >= 11 is 0. The third-order valence-corrected chi connectivity index (χ3v) is 7.32. The molecule has 0 radical (unpaired) electrons. The van der Waals surface area contributed by atoms with E-state index < -0.39 is 11.0 Å². The predicted octanol–water partition coefficient (Wildman–Crippen LogP) is 2.41. The van der Waals surface area contributed by atoms with Gasteiger partial charge >= 0.3 is 5.97 Å². The lowest BCUT2D eigenvalue weighted by molar-refractivity contribution is -0.169. The summed E-state index contributed by atoms with van der Waals surface area (Å²) in [5, 5.41) is 22.0. The van der Waals surface area contributed by atoms with Crippen LogP contribution in [0.2, 0.25) is 0 Å². The van der Waals surface area contributed by atoms with Gasteiger partial charge in [0.2, 0.25) is 0 Å². The van der Waals surface area contributed by atoms with E-state index >= 15 is 0 Å². The number of benzene rings is 1. The number of hydrogen-bond donors (Lipinski definition) is 2. The monoisotopic (exact) mass is 338 g/mol. The Morgan fingerprint density at radius 1 is 1.36 bits per heavy atom. The lowest BCUT2D eigenvalue weighted by atomic mass is 9.51. The number of aliphatic hydroxyl groups is 2. The minimum Gasteiger partial charge on any atom is -0.468 e. The molecular formula is C21H22O4. The van der Waals surface area contributed by atoms with Crippen LogP contribution in [0.1, 0.15) is 30.9 Å². The van der Waals surface area contributed by atoms with Gasteiger partial charge in [-0.25, -0.2) is 0 Å². The molecular weight excluding hydrogens is 316 g/mol. The molecule has 5 atom stereocenters. The predicted molar refractivity (Wildman–Crippen MR) is 93.2 cm³/mol. The first-order chi connectivity index (χ1) is 12.0. The highest BCUT2D eigenvalue weighted by Gasteiger charge is 2.75. The Bertz CT molecular complexity index is 866. The fourth-order valence-corrected chi connectivity index (χ4v) is 6.49. The van der Waals surface area contributed by atoms with Crippen LogP contribution in [0.5, 0.6) is 0 Å². The van der Waals surface area contributed by atoms with Gasteiger partial charge in [-0.05, 0) is 48.0 Å². The molecule has 0 spiro atoms. The van der Waals surface area contributed by atoms with Crippen molar-refractivity contribution >= 4 is 17.1 Å². The van der Waals surface area contributed by atoms with Gasteiger partial charge in [-0.2, -0.15) is 0 Å². The molecule has 2 unspecified atom stereocenters. The van der Waals surface area contributed by atoms with Gasteiger partial charge in [0.25, 0.3) is 0 Å². The molecule has 1 aromatic carbocycles. The standard InChI is InChI=1S/C21H22O4/c1-3-11-16-9-21(24)17-13-7-5-4-6-12(13)14(17)8-15(18(11)21)20(16,10-22)19(23)25-2/h3-7,15-16,18,22,24H,8-10H2,1-2H3/t15-,16-,18?,20?,21-/m1/s1. The zero-order valence-electron chi connectivity index (χ0n) is 14.5. The SMILES string of the molecule is CC=C1C2[C@H]3CC4=C(c5ccccc54)[C@]2(O)C[C@H]1C3(CO)C(=O)OC. The molecule has 4 aliphatic rings. The zero-order valence-corrected chi connectivity index (χ0v) is 14.5. The maximum Gasteiger partial charge on any atom is 0.315 e. The van der Waals surface area contributed by atoms with Crippen LogP contribution < -0.4 is 0 Å². The minimum atomic E-state index is -0.934. The van der Waals surface area contributed by atoms with Gasteiger partial charge in [0, 0.05) is 11.8 Å². The zero-order chi connectivity index (χ0) is 17.6. The Morgan fingerprint density at radius 3 is 2.72 bits per heavy atom. The molecule has 1 aromatic rings. The van der Waals surface area contributed by atoms with E-state index in [-0.39, 0.29) is 30.3 Å². The van der Waals surface area contributed by atoms with Gasteiger partial charge in [-0.3, -0.25) is 4.79 Å². The first kappa shape index (κ1) is 15.4. The van der Waals surface area contributed by atoms with Crippen LogP contribution in [-0.4, -0.2) is 35.5 Å². The lowest BCUT2D eigenvalue weighted by Crippen LogP contribution is -2.57. The van der Waals surface area contributed by atoms with Gasteiger partial charge in [0.05, 0.1) is 19.3 Å². The third-order valence-electron chi connectivity index (χ3n) is 7.32. The molecule has 25 heavy (non-hydrogen) atoms. The van der Waals surface area contributed by atoms with Gasteiger partial charge in [0.1, 0.15) is 5.41 Å². The number of methoxy groups -OCH3 is 1. The van der Waals surface area contributed by atoms with Crippen molar-refractivity contribution in [3.8, 4) is 0 Å². The Kier molecular flexibility index (Phi) is 2.84. The van der Waals surface area contributed by atoms with Crippen molar-refractivity contribution < 1.29 is 19.7 Å². The molecule has 0 aromatic heterocycles. The smallest absolute Gasteiger partial charge is 0.315 e. The average molecular weight is 338 g/mol. The molecule has 0 saturated heterocycles. The highest BCUT2D eigenvalue weighted by atomic mass is 16.5. The van der Waals surface area contributed by atoms with E-state index in [0.717, 1.165) is 22.3 Å². The Balaban J connectivity index is 1.73. The van der Waals surface area contributed by atoms with Crippen molar-refractivity contribution in [2.75, 3.05) is 13.7 Å². The van der Waals surface area contributed by atoms with Gasteiger partial charge in [-0.1, -0.05) is 35.9 Å². The van der Waals surface area contributed by atoms with Crippen molar-refractivity contribution in [3.05, 3.63) is 47.0 Å². The number of carbonyl (C=O) groups excluding carboxylic acids is 1. The molecule has 0 aliphatic heterocycles. The summed E-state index contributed by atoms with van der Waals surface area (Å²) in [6.45, 7) is 1.73. The number of fused-ring (bicyclic) bond motifs is 5.